The monoisotopic (exact) mass is 360 g/mol. The number of hydrogen-bond donors (Lipinski definition) is 0. The topological polar surface area (TPSA) is 36.9 Å². The Labute approximate surface area is 146 Å². The lowest BCUT2D eigenvalue weighted by Gasteiger charge is -2.45. The van der Waals surface area contributed by atoms with Crippen LogP contribution in [0.5, 0.6) is 0 Å². The molecule has 1 aliphatic rings. The highest BCUT2D eigenvalue weighted by Crippen LogP contribution is 2.36. The first-order valence-corrected chi connectivity index (χ1v) is 14.0. The van der Waals surface area contributed by atoms with Crippen molar-refractivity contribution in [2.24, 2.45) is 0 Å². The molecule has 1 aliphatic heterocycles. The van der Waals surface area contributed by atoms with Gasteiger partial charge in [0.1, 0.15) is 9.04 Å². The van der Waals surface area contributed by atoms with Crippen LogP contribution in [0, 0.1) is 0 Å². The molecule has 1 atom stereocenters. The van der Waals surface area contributed by atoms with Crippen molar-refractivity contribution in [2.45, 2.75) is 90.7 Å². The van der Waals surface area contributed by atoms with Gasteiger partial charge in [0.25, 0.3) is 5.97 Å². The molecular weight excluding hydrogens is 324 g/mol. The fourth-order valence-electron chi connectivity index (χ4n) is 2.61. The van der Waals surface area contributed by atoms with Gasteiger partial charge in [0.2, 0.25) is 0 Å². The van der Waals surface area contributed by atoms with Gasteiger partial charge in [-0.1, -0.05) is 46.6 Å². The van der Waals surface area contributed by atoms with Crippen LogP contribution in [0.1, 0.15) is 72.1 Å². The molecule has 1 saturated heterocycles. The van der Waals surface area contributed by atoms with Crippen LogP contribution < -0.4 is 0 Å². The van der Waals surface area contributed by atoms with E-state index in [-0.39, 0.29) is 0 Å². The molecule has 0 spiro atoms. The van der Waals surface area contributed by atoms with Crippen LogP contribution in [-0.2, 0) is 18.3 Å². The molecule has 23 heavy (non-hydrogen) atoms. The molecule has 0 aliphatic carbocycles. The maximum Gasteiger partial charge on any atom is 0.315 e. The van der Waals surface area contributed by atoms with E-state index in [1.54, 1.807) is 0 Å². The van der Waals surface area contributed by atoms with Crippen molar-refractivity contribution in [1.29, 1.82) is 0 Å². The van der Waals surface area contributed by atoms with Crippen LogP contribution in [0.4, 0.5) is 0 Å². The van der Waals surface area contributed by atoms with Crippen LogP contribution in [0.2, 0.25) is 12.6 Å². The lowest BCUT2D eigenvalue weighted by atomic mass is 10.3. The SMILES string of the molecule is CCCCOC1(OCCCC)CCC[Si](OCCCC)([Si]C)O1. The average Bonchev–Trinajstić information content (AvgIpc) is 2.56. The second-order valence-electron chi connectivity index (χ2n) is 6.25. The van der Waals surface area contributed by atoms with E-state index in [2.05, 4.69) is 27.3 Å². The lowest BCUT2D eigenvalue weighted by Crippen LogP contribution is -2.59. The van der Waals surface area contributed by atoms with Crippen molar-refractivity contribution in [1.82, 2.24) is 0 Å². The molecule has 2 radical (unpaired) electrons. The summed E-state index contributed by atoms with van der Waals surface area (Å²) >= 11 is 0. The first kappa shape index (κ1) is 21.3. The van der Waals surface area contributed by atoms with Gasteiger partial charge < -0.3 is 18.3 Å². The summed E-state index contributed by atoms with van der Waals surface area (Å²) in [5, 5.41) is 0. The van der Waals surface area contributed by atoms with Crippen LogP contribution in [0.3, 0.4) is 0 Å². The summed E-state index contributed by atoms with van der Waals surface area (Å²) in [7, 11) is -1.47. The zero-order chi connectivity index (χ0) is 17.0. The Morgan fingerprint density at radius 1 is 0.957 bits per heavy atom. The van der Waals surface area contributed by atoms with Crippen molar-refractivity contribution in [3.63, 3.8) is 0 Å². The minimum Gasteiger partial charge on any atom is -0.397 e. The molecule has 1 fully saturated rings. The Morgan fingerprint density at radius 2 is 1.52 bits per heavy atom. The highest BCUT2D eigenvalue weighted by atomic mass is 29.2. The highest BCUT2D eigenvalue weighted by molar-refractivity contribution is 7.17. The molecule has 0 bridgehead atoms. The maximum atomic E-state index is 6.54. The smallest absolute Gasteiger partial charge is 0.315 e. The van der Waals surface area contributed by atoms with E-state index in [0.29, 0.717) is 22.3 Å². The second kappa shape index (κ2) is 11.8. The van der Waals surface area contributed by atoms with E-state index >= 15 is 0 Å². The maximum absolute atomic E-state index is 6.54. The van der Waals surface area contributed by atoms with Crippen LogP contribution in [-0.4, -0.2) is 42.9 Å². The number of hydrogen-bond acceptors (Lipinski definition) is 4. The van der Waals surface area contributed by atoms with Gasteiger partial charge in [-0.2, -0.15) is 0 Å². The minimum atomic E-state index is -2.17. The third kappa shape index (κ3) is 7.36. The Balaban J connectivity index is 2.72. The van der Waals surface area contributed by atoms with Crippen molar-refractivity contribution < 1.29 is 18.3 Å². The van der Waals surface area contributed by atoms with Gasteiger partial charge in [-0.05, 0) is 31.7 Å². The van der Waals surface area contributed by atoms with Crippen LogP contribution >= 0.6 is 0 Å². The van der Waals surface area contributed by atoms with Gasteiger partial charge in [0, 0.05) is 13.0 Å². The lowest BCUT2D eigenvalue weighted by molar-refractivity contribution is -0.360. The molecule has 136 valence electrons. The minimum absolute atomic E-state index is 0.700. The fourth-order valence-corrected chi connectivity index (χ4v) is 8.04. The van der Waals surface area contributed by atoms with E-state index in [4.69, 9.17) is 18.3 Å². The van der Waals surface area contributed by atoms with Gasteiger partial charge in [-0.15, -0.1) is 0 Å². The zero-order valence-corrected chi connectivity index (χ0v) is 17.6. The Hall–Kier alpha value is 0.274. The van der Waals surface area contributed by atoms with Crippen LogP contribution in [0.25, 0.3) is 0 Å². The molecule has 0 aromatic heterocycles. The van der Waals surface area contributed by atoms with Crippen molar-refractivity contribution in [2.75, 3.05) is 19.8 Å². The molecule has 0 aromatic rings. The van der Waals surface area contributed by atoms with E-state index in [0.717, 1.165) is 64.0 Å². The van der Waals surface area contributed by atoms with Crippen LogP contribution in [0.15, 0.2) is 0 Å². The molecule has 1 rings (SSSR count). The zero-order valence-electron chi connectivity index (χ0n) is 15.6. The Bertz CT molecular complexity index is 294. The van der Waals surface area contributed by atoms with E-state index in [1.165, 1.54) is 0 Å². The molecule has 0 aromatic carbocycles. The summed E-state index contributed by atoms with van der Waals surface area (Å²) in [6.07, 6.45) is 8.50. The standard InChI is InChI=1S/C17H36O4Si2/c1-5-8-13-18-17(19-14-9-6-2)12-11-16-23(21-17,22-4)20-15-10-7-3/h5-16H2,1-4H3. The summed E-state index contributed by atoms with van der Waals surface area (Å²) in [6, 6.07) is 1.07. The van der Waals surface area contributed by atoms with E-state index in [1.807, 2.05) is 0 Å². The molecule has 0 N–H and O–H groups in total. The fraction of sp³-hybridized carbons (Fsp3) is 1.00. The van der Waals surface area contributed by atoms with E-state index < -0.39 is 14.1 Å². The normalized spacial score (nSPS) is 24.0. The van der Waals surface area contributed by atoms with Gasteiger partial charge in [0.15, 0.2) is 0 Å². The molecular formula is C17H36O4Si2. The first-order chi connectivity index (χ1) is 11.2. The quantitative estimate of drug-likeness (QED) is 0.273. The average molecular weight is 361 g/mol. The molecule has 1 unspecified atom stereocenters. The predicted octanol–water partition coefficient (Wildman–Crippen LogP) is 4.59. The summed E-state index contributed by atoms with van der Waals surface area (Å²) < 4.78 is 25.1. The molecule has 1 heterocycles. The summed E-state index contributed by atoms with van der Waals surface area (Å²) in [4.78, 5) is 0. The molecule has 0 saturated carbocycles. The third-order valence-electron chi connectivity index (χ3n) is 4.16. The number of unbranched alkanes of at least 4 members (excludes halogenated alkanes) is 3. The third-order valence-corrected chi connectivity index (χ3v) is 11.0. The Kier molecular flexibility index (Phi) is 10.9. The Morgan fingerprint density at radius 3 is 2.04 bits per heavy atom. The van der Waals surface area contributed by atoms with Gasteiger partial charge in [-0.3, -0.25) is 0 Å². The summed E-state index contributed by atoms with van der Waals surface area (Å²) in [5.41, 5.74) is 0. The first-order valence-electron chi connectivity index (χ1n) is 9.47. The van der Waals surface area contributed by atoms with Crippen molar-refractivity contribution in [3.8, 4) is 0 Å². The molecule has 0 amide bonds. The summed E-state index contributed by atoms with van der Waals surface area (Å²) in [5.74, 6) is -0.843. The predicted molar refractivity (Wildman–Crippen MR) is 97.8 cm³/mol. The van der Waals surface area contributed by atoms with E-state index in [9.17, 15) is 0 Å². The molecule has 4 nitrogen and oxygen atoms in total. The van der Waals surface area contributed by atoms with Gasteiger partial charge in [0.05, 0.1) is 13.2 Å². The second-order valence-corrected chi connectivity index (χ2v) is 13.0. The number of ether oxygens (including phenoxy) is 2. The molecule has 6 heteroatoms. The van der Waals surface area contributed by atoms with Crippen molar-refractivity contribution in [3.05, 3.63) is 0 Å². The highest BCUT2D eigenvalue weighted by Gasteiger charge is 2.50. The van der Waals surface area contributed by atoms with Gasteiger partial charge in [-0.25, -0.2) is 0 Å². The largest absolute Gasteiger partial charge is 0.397 e. The number of rotatable bonds is 13. The summed E-state index contributed by atoms with van der Waals surface area (Å²) in [6.45, 7) is 11.0. The van der Waals surface area contributed by atoms with Crippen molar-refractivity contribution >= 4 is 17.1 Å². The van der Waals surface area contributed by atoms with Gasteiger partial charge >= 0.3 is 8.08 Å².